The topological polar surface area (TPSA) is 29.1 Å². The van der Waals surface area contributed by atoms with Crippen molar-refractivity contribution in [3.05, 3.63) is 35.4 Å². The summed E-state index contributed by atoms with van der Waals surface area (Å²) in [5, 5.41) is 3.20. The molecule has 0 bridgehead atoms. The van der Waals surface area contributed by atoms with Crippen LogP contribution in [0.15, 0.2) is 24.3 Å². The van der Waals surface area contributed by atoms with Crippen LogP contribution in [-0.4, -0.2) is 17.3 Å². The predicted molar refractivity (Wildman–Crippen MR) is 79.8 cm³/mol. The summed E-state index contributed by atoms with van der Waals surface area (Å²) in [5.41, 5.74) is 1.69. The molecule has 0 unspecified atom stereocenters. The lowest BCUT2D eigenvalue weighted by Crippen LogP contribution is -2.51. The Kier molecular flexibility index (Phi) is 4.87. The average Bonchev–Trinajstić information content (AvgIpc) is 2.48. The van der Waals surface area contributed by atoms with Crippen molar-refractivity contribution >= 4 is 17.5 Å². The van der Waals surface area contributed by atoms with Crippen molar-refractivity contribution in [1.29, 1.82) is 0 Å². The van der Waals surface area contributed by atoms with Crippen LogP contribution in [-0.2, 0) is 6.42 Å². The van der Waals surface area contributed by atoms with Crippen molar-refractivity contribution in [2.45, 2.75) is 51.0 Å². The van der Waals surface area contributed by atoms with Gasteiger partial charge in [0.2, 0.25) is 0 Å². The van der Waals surface area contributed by atoms with E-state index in [0.29, 0.717) is 5.88 Å². The quantitative estimate of drug-likeness (QED) is 0.832. The minimum atomic E-state index is -0.197. The number of hydrogen-bond acceptors (Lipinski definition) is 1. The van der Waals surface area contributed by atoms with Crippen LogP contribution in [0.5, 0.6) is 0 Å². The first-order chi connectivity index (χ1) is 9.21. The number of hydrogen-bond donors (Lipinski definition) is 1. The minimum absolute atomic E-state index is 0.0278. The third kappa shape index (κ3) is 3.30. The molecule has 1 aliphatic carbocycles. The van der Waals surface area contributed by atoms with Crippen LogP contribution in [0, 0.1) is 0 Å². The van der Waals surface area contributed by atoms with Crippen LogP contribution in [0.25, 0.3) is 0 Å². The standard InChI is InChI=1S/C16H22ClNO/c1-2-13-8-4-5-9-14(13)15(19)18-16(12-17)10-6-3-7-11-16/h4-5,8-9H,2-3,6-7,10-12H2,1H3,(H,18,19). The number of carbonyl (C=O) groups excluding carboxylic acids is 1. The highest BCUT2D eigenvalue weighted by molar-refractivity contribution is 6.19. The average molecular weight is 280 g/mol. The largest absolute Gasteiger partial charge is 0.345 e. The second-order valence-electron chi connectivity index (χ2n) is 5.44. The van der Waals surface area contributed by atoms with E-state index in [1.54, 1.807) is 0 Å². The molecule has 0 atom stereocenters. The molecule has 1 fully saturated rings. The summed E-state index contributed by atoms with van der Waals surface area (Å²) in [6.45, 7) is 2.07. The molecule has 1 aromatic rings. The number of benzene rings is 1. The van der Waals surface area contributed by atoms with Gasteiger partial charge in [0.1, 0.15) is 0 Å². The van der Waals surface area contributed by atoms with E-state index in [1.807, 2.05) is 24.3 Å². The molecule has 0 aromatic heterocycles. The number of rotatable bonds is 4. The van der Waals surface area contributed by atoms with E-state index in [0.717, 1.165) is 43.2 Å². The van der Waals surface area contributed by atoms with Crippen LogP contribution in [0.4, 0.5) is 0 Å². The van der Waals surface area contributed by atoms with Crippen molar-refractivity contribution in [3.63, 3.8) is 0 Å². The summed E-state index contributed by atoms with van der Waals surface area (Å²) < 4.78 is 0. The van der Waals surface area contributed by atoms with Crippen molar-refractivity contribution in [3.8, 4) is 0 Å². The van der Waals surface area contributed by atoms with Gasteiger partial charge in [0.05, 0.1) is 5.54 Å². The van der Waals surface area contributed by atoms with Gasteiger partial charge in [-0.3, -0.25) is 4.79 Å². The molecular weight excluding hydrogens is 258 g/mol. The first-order valence-electron chi connectivity index (χ1n) is 7.17. The highest BCUT2D eigenvalue weighted by Crippen LogP contribution is 2.29. The zero-order chi connectivity index (χ0) is 13.7. The number of alkyl halides is 1. The fourth-order valence-electron chi connectivity index (χ4n) is 2.88. The second-order valence-corrected chi connectivity index (χ2v) is 5.71. The van der Waals surface area contributed by atoms with Gasteiger partial charge < -0.3 is 5.32 Å². The molecule has 0 aliphatic heterocycles. The fourth-order valence-corrected chi connectivity index (χ4v) is 3.21. The van der Waals surface area contributed by atoms with E-state index >= 15 is 0 Å². The molecule has 1 amide bonds. The fraction of sp³-hybridized carbons (Fsp3) is 0.562. The molecule has 0 heterocycles. The van der Waals surface area contributed by atoms with Gasteiger partial charge in [-0.05, 0) is 30.9 Å². The zero-order valence-electron chi connectivity index (χ0n) is 11.5. The molecule has 2 rings (SSSR count). The molecule has 2 nitrogen and oxygen atoms in total. The molecular formula is C16H22ClNO. The van der Waals surface area contributed by atoms with Crippen LogP contribution in [0.1, 0.15) is 54.9 Å². The summed E-state index contributed by atoms with van der Waals surface area (Å²) in [7, 11) is 0. The second kappa shape index (κ2) is 6.42. The molecule has 104 valence electrons. The molecule has 3 heteroatoms. The van der Waals surface area contributed by atoms with Crippen LogP contribution >= 0.6 is 11.6 Å². The maximum absolute atomic E-state index is 12.5. The minimum Gasteiger partial charge on any atom is -0.345 e. The van der Waals surface area contributed by atoms with E-state index in [4.69, 9.17) is 11.6 Å². The Hall–Kier alpha value is -1.02. The number of halogens is 1. The van der Waals surface area contributed by atoms with Gasteiger partial charge in [-0.1, -0.05) is 44.4 Å². The van der Waals surface area contributed by atoms with Gasteiger partial charge in [0.25, 0.3) is 5.91 Å². The molecule has 1 N–H and O–H groups in total. The molecule has 0 spiro atoms. The maximum Gasteiger partial charge on any atom is 0.252 e. The third-order valence-electron chi connectivity index (χ3n) is 4.09. The van der Waals surface area contributed by atoms with Crippen molar-refractivity contribution in [2.24, 2.45) is 0 Å². The van der Waals surface area contributed by atoms with E-state index in [9.17, 15) is 4.79 Å². The first kappa shape index (κ1) is 14.4. The molecule has 0 saturated heterocycles. The van der Waals surface area contributed by atoms with Gasteiger partial charge in [-0.2, -0.15) is 0 Å². The van der Waals surface area contributed by atoms with Crippen LogP contribution in [0.2, 0.25) is 0 Å². The SMILES string of the molecule is CCc1ccccc1C(=O)NC1(CCl)CCCCC1. The Balaban J connectivity index is 2.15. The van der Waals surface area contributed by atoms with Gasteiger partial charge in [0, 0.05) is 11.4 Å². The normalized spacial score (nSPS) is 18.0. The summed E-state index contributed by atoms with van der Waals surface area (Å²) in [4.78, 5) is 12.5. The first-order valence-corrected chi connectivity index (χ1v) is 7.70. The Morgan fingerprint density at radius 3 is 2.58 bits per heavy atom. The lowest BCUT2D eigenvalue weighted by molar-refractivity contribution is 0.0884. The third-order valence-corrected chi connectivity index (χ3v) is 4.60. The lowest BCUT2D eigenvalue weighted by Gasteiger charge is -2.36. The van der Waals surface area contributed by atoms with Crippen molar-refractivity contribution < 1.29 is 4.79 Å². The number of carbonyl (C=O) groups is 1. The van der Waals surface area contributed by atoms with E-state index in [2.05, 4.69) is 12.2 Å². The molecule has 0 radical (unpaired) electrons. The van der Waals surface area contributed by atoms with E-state index < -0.39 is 0 Å². The molecule has 1 aromatic carbocycles. The Morgan fingerprint density at radius 1 is 1.26 bits per heavy atom. The van der Waals surface area contributed by atoms with Gasteiger partial charge in [-0.15, -0.1) is 11.6 Å². The summed E-state index contributed by atoms with van der Waals surface area (Å²) in [5.74, 6) is 0.535. The van der Waals surface area contributed by atoms with Gasteiger partial charge in [0.15, 0.2) is 0 Å². The highest BCUT2D eigenvalue weighted by Gasteiger charge is 2.33. The monoisotopic (exact) mass is 279 g/mol. The van der Waals surface area contributed by atoms with Crippen molar-refractivity contribution in [1.82, 2.24) is 5.32 Å². The smallest absolute Gasteiger partial charge is 0.252 e. The number of nitrogens with one attached hydrogen (secondary N) is 1. The summed E-state index contributed by atoms with van der Waals surface area (Å²) >= 11 is 6.13. The van der Waals surface area contributed by atoms with Crippen LogP contribution < -0.4 is 5.32 Å². The van der Waals surface area contributed by atoms with Gasteiger partial charge >= 0.3 is 0 Å². The Labute approximate surface area is 120 Å². The Bertz CT molecular complexity index is 438. The van der Waals surface area contributed by atoms with Crippen molar-refractivity contribution in [2.75, 3.05) is 5.88 Å². The number of amides is 1. The number of aryl methyl sites for hydroxylation is 1. The summed E-state index contributed by atoms with van der Waals surface area (Å²) in [6, 6.07) is 7.82. The zero-order valence-corrected chi connectivity index (χ0v) is 12.3. The summed E-state index contributed by atoms with van der Waals surface area (Å²) in [6.07, 6.45) is 6.43. The maximum atomic E-state index is 12.5. The van der Waals surface area contributed by atoms with E-state index in [-0.39, 0.29) is 11.4 Å². The van der Waals surface area contributed by atoms with Crippen LogP contribution in [0.3, 0.4) is 0 Å². The van der Waals surface area contributed by atoms with Gasteiger partial charge in [-0.25, -0.2) is 0 Å². The van der Waals surface area contributed by atoms with E-state index in [1.165, 1.54) is 6.42 Å². The lowest BCUT2D eigenvalue weighted by atomic mass is 9.83. The molecule has 19 heavy (non-hydrogen) atoms. The molecule has 1 saturated carbocycles. The highest BCUT2D eigenvalue weighted by atomic mass is 35.5. The Morgan fingerprint density at radius 2 is 1.95 bits per heavy atom. The molecule has 1 aliphatic rings. The predicted octanol–water partition coefficient (Wildman–Crippen LogP) is 3.92.